The highest BCUT2D eigenvalue weighted by atomic mass is 35.5. The van der Waals surface area contributed by atoms with Crippen LogP contribution in [-0.2, 0) is 16.1 Å². The van der Waals surface area contributed by atoms with Crippen LogP contribution in [0, 0.1) is 5.41 Å². The summed E-state index contributed by atoms with van der Waals surface area (Å²) in [5.74, 6) is -0.309. The van der Waals surface area contributed by atoms with Gasteiger partial charge in [-0.1, -0.05) is 37.1 Å². The van der Waals surface area contributed by atoms with Gasteiger partial charge in [0, 0.05) is 18.1 Å². The number of nitrogens with one attached hydrogen (secondary N) is 2. The van der Waals surface area contributed by atoms with Gasteiger partial charge in [0.1, 0.15) is 5.41 Å². The molecule has 1 saturated carbocycles. The molecule has 0 heterocycles. The number of benzene rings is 1. The van der Waals surface area contributed by atoms with E-state index in [9.17, 15) is 9.59 Å². The van der Waals surface area contributed by atoms with Crippen LogP contribution >= 0.6 is 11.6 Å². The molecule has 0 atom stereocenters. The zero-order chi connectivity index (χ0) is 15.3. The van der Waals surface area contributed by atoms with Gasteiger partial charge in [-0.25, -0.2) is 0 Å². The highest BCUT2D eigenvalue weighted by Gasteiger charge is 2.56. The van der Waals surface area contributed by atoms with Crippen LogP contribution in [0.5, 0.6) is 0 Å². The van der Waals surface area contributed by atoms with Crippen molar-refractivity contribution in [2.45, 2.75) is 39.2 Å². The van der Waals surface area contributed by atoms with Gasteiger partial charge in [-0.3, -0.25) is 9.59 Å². The van der Waals surface area contributed by atoms with E-state index in [-0.39, 0.29) is 11.8 Å². The molecule has 0 radical (unpaired) electrons. The van der Waals surface area contributed by atoms with E-state index in [1.54, 1.807) is 12.1 Å². The van der Waals surface area contributed by atoms with Crippen LogP contribution in [0.4, 0.5) is 0 Å². The molecule has 1 aliphatic rings. The van der Waals surface area contributed by atoms with Gasteiger partial charge in [-0.15, -0.1) is 0 Å². The minimum Gasteiger partial charge on any atom is -0.355 e. The van der Waals surface area contributed by atoms with Crippen molar-refractivity contribution in [2.24, 2.45) is 5.41 Å². The molecule has 5 heteroatoms. The molecule has 21 heavy (non-hydrogen) atoms. The molecule has 2 amide bonds. The second-order valence-electron chi connectivity index (χ2n) is 5.50. The van der Waals surface area contributed by atoms with Crippen molar-refractivity contribution in [3.05, 3.63) is 34.9 Å². The van der Waals surface area contributed by atoms with Crippen molar-refractivity contribution >= 4 is 23.4 Å². The summed E-state index contributed by atoms with van der Waals surface area (Å²) in [7, 11) is 0. The van der Waals surface area contributed by atoms with Gasteiger partial charge in [0.15, 0.2) is 0 Å². The fourth-order valence-electron chi connectivity index (χ4n) is 2.18. The Bertz CT molecular complexity index is 510. The first-order valence-electron chi connectivity index (χ1n) is 7.39. The molecule has 0 bridgehead atoms. The maximum atomic E-state index is 12.2. The zero-order valence-electron chi connectivity index (χ0n) is 12.2. The quantitative estimate of drug-likeness (QED) is 0.601. The Morgan fingerprint density at radius 3 is 2.33 bits per heavy atom. The Labute approximate surface area is 130 Å². The standard InChI is InChI=1S/C16H21ClN2O2/c1-2-3-10-18-14(20)16(8-9-16)15(21)19-11-12-4-6-13(17)7-5-12/h4-7H,2-3,8-11H2,1H3,(H,18,20)(H,19,21). The molecule has 2 N–H and O–H groups in total. The third kappa shape index (κ3) is 3.97. The molecular formula is C16H21ClN2O2. The Balaban J connectivity index is 1.84. The number of rotatable bonds is 7. The predicted molar refractivity (Wildman–Crippen MR) is 82.9 cm³/mol. The van der Waals surface area contributed by atoms with E-state index in [1.807, 2.05) is 12.1 Å². The fraction of sp³-hybridized carbons (Fsp3) is 0.500. The number of carbonyl (C=O) groups excluding carboxylic acids is 2. The molecule has 4 nitrogen and oxygen atoms in total. The van der Waals surface area contributed by atoms with E-state index in [4.69, 9.17) is 11.6 Å². The van der Waals surface area contributed by atoms with Crippen molar-refractivity contribution < 1.29 is 9.59 Å². The van der Waals surface area contributed by atoms with Gasteiger partial charge in [0.2, 0.25) is 11.8 Å². The number of carbonyl (C=O) groups is 2. The number of hydrogen-bond donors (Lipinski definition) is 2. The van der Waals surface area contributed by atoms with Gasteiger partial charge in [-0.2, -0.15) is 0 Å². The molecule has 0 unspecified atom stereocenters. The first-order valence-corrected chi connectivity index (χ1v) is 7.77. The summed E-state index contributed by atoms with van der Waals surface area (Å²) in [5, 5.41) is 6.37. The highest BCUT2D eigenvalue weighted by molar-refractivity contribution is 6.30. The molecule has 1 aromatic rings. The highest BCUT2D eigenvalue weighted by Crippen LogP contribution is 2.46. The van der Waals surface area contributed by atoms with Crippen molar-refractivity contribution in [1.29, 1.82) is 0 Å². The normalized spacial score (nSPS) is 15.3. The first-order chi connectivity index (χ1) is 10.1. The number of unbranched alkanes of at least 4 members (excludes halogenated alkanes) is 1. The lowest BCUT2D eigenvalue weighted by Gasteiger charge is -2.15. The van der Waals surface area contributed by atoms with E-state index < -0.39 is 5.41 Å². The summed E-state index contributed by atoms with van der Waals surface area (Å²) in [4.78, 5) is 24.4. The van der Waals surface area contributed by atoms with Gasteiger partial charge in [0.25, 0.3) is 0 Å². The van der Waals surface area contributed by atoms with Gasteiger partial charge >= 0.3 is 0 Å². The van der Waals surface area contributed by atoms with Crippen LogP contribution in [0.25, 0.3) is 0 Å². The summed E-state index contributed by atoms with van der Waals surface area (Å²) >= 11 is 5.82. The average molecular weight is 309 g/mol. The van der Waals surface area contributed by atoms with Crippen LogP contribution < -0.4 is 10.6 Å². The maximum absolute atomic E-state index is 12.2. The lowest BCUT2D eigenvalue weighted by molar-refractivity contribution is -0.137. The third-order valence-corrected chi connectivity index (χ3v) is 4.05. The second-order valence-corrected chi connectivity index (χ2v) is 5.94. The predicted octanol–water partition coefficient (Wildman–Crippen LogP) is 2.65. The monoisotopic (exact) mass is 308 g/mol. The average Bonchev–Trinajstić information content (AvgIpc) is 3.28. The van der Waals surface area contributed by atoms with Crippen LogP contribution in [-0.4, -0.2) is 18.4 Å². The molecule has 1 fully saturated rings. The molecule has 114 valence electrons. The van der Waals surface area contributed by atoms with Crippen molar-refractivity contribution in [2.75, 3.05) is 6.54 Å². The van der Waals surface area contributed by atoms with Crippen LogP contribution in [0.1, 0.15) is 38.2 Å². The van der Waals surface area contributed by atoms with Crippen LogP contribution in [0.3, 0.4) is 0 Å². The molecule has 0 saturated heterocycles. The second kappa shape index (κ2) is 6.94. The molecule has 1 aromatic carbocycles. The summed E-state index contributed by atoms with van der Waals surface area (Å²) in [6, 6.07) is 7.30. The Morgan fingerprint density at radius 1 is 1.14 bits per heavy atom. The summed E-state index contributed by atoms with van der Waals surface area (Å²) in [5.41, 5.74) is 0.134. The summed E-state index contributed by atoms with van der Waals surface area (Å²) < 4.78 is 0. The molecule has 2 rings (SSSR count). The van der Waals surface area contributed by atoms with E-state index in [2.05, 4.69) is 17.6 Å². The van der Waals surface area contributed by atoms with Crippen molar-refractivity contribution in [3.8, 4) is 0 Å². The Morgan fingerprint density at radius 2 is 1.76 bits per heavy atom. The van der Waals surface area contributed by atoms with Crippen molar-refractivity contribution in [3.63, 3.8) is 0 Å². The first kappa shape index (κ1) is 15.8. The lowest BCUT2D eigenvalue weighted by atomic mass is 10.0. The SMILES string of the molecule is CCCCNC(=O)C1(C(=O)NCc2ccc(Cl)cc2)CC1. The van der Waals surface area contributed by atoms with E-state index in [0.717, 1.165) is 18.4 Å². The molecule has 0 spiro atoms. The van der Waals surface area contributed by atoms with E-state index in [0.29, 0.717) is 31.0 Å². The smallest absolute Gasteiger partial charge is 0.235 e. The topological polar surface area (TPSA) is 58.2 Å². The molecular weight excluding hydrogens is 288 g/mol. The minimum absolute atomic E-state index is 0.135. The third-order valence-electron chi connectivity index (χ3n) is 3.80. The van der Waals surface area contributed by atoms with Gasteiger partial charge in [0.05, 0.1) is 0 Å². The lowest BCUT2D eigenvalue weighted by Crippen LogP contribution is -2.43. The fourth-order valence-corrected chi connectivity index (χ4v) is 2.31. The number of amides is 2. The maximum Gasteiger partial charge on any atom is 0.235 e. The van der Waals surface area contributed by atoms with E-state index >= 15 is 0 Å². The van der Waals surface area contributed by atoms with Gasteiger partial charge in [-0.05, 0) is 37.0 Å². The number of halogens is 1. The largest absolute Gasteiger partial charge is 0.355 e. The minimum atomic E-state index is -0.833. The molecule has 0 aliphatic heterocycles. The van der Waals surface area contributed by atoms with Gasteiger partial charge < -0.3 is 10.6 Å². The molecule has 0 aromatic heterocycles. The van der Waals surface area contributed by atoms with Crippen molar-refractivity contribution in [1.82, 2.24) is 10.6 Å². The summed E-state index contributed by atoms with van der Waals surface area (Å²) in [6.45, 7) is 3.12. The number of hydrogen-bond acceptors (Lipinski definition) is 2. The van der Waals surface area contributed by atoms with E-state index in [1.165, 1.54) is 0 Å². The Hall–Kier alpha value is -1.55. The Kier molecular flexibility index (Phi) is 5.23. The van der Waals surface area contributed by atoms with Crippen LogP contribution in [0.2, 0.25) is 5.02 Å². The zero-order valence-corrected chi connectivity index (χ0v) is 13.0. The molecule has 1 aliphatic carbocycles. The summed E-state index contributed by atoms with van der Waals surface area (Å²) in [6.07, 6.45) is 3.24. The van der Waals surface area contributed by atoms with Crippen LogP contribution in [0.15, 0.2) is 24.3 Å².